The summed E-state index contributed by atoms with van der Waals surface area (Å²) in [5.41, 5.74) is 7.44. The zero-order valence-electron chi connectivity index (χ0n) is 11.5. The Morgan fingerprint density at radius 3 is 2.79 bits per heavy atom. The second kappa shape index (κ2) is 5.39. The molecule has 3 rings (SSSR count). The lowest BCUT2D eigenvalue weighted by Crippen LogP contribution is -2.35. The summed E-state index contributed by atoms with van der Waals surface area (Å²) in [4.78, 5) is 2.41. The van der Waals surface area contributed by atoms with Crippen LogP contribution in [0, 0.1) is 0 Å². The minimum Gasteiger partial charge on any atom is -0.454 e. The molecule has 1 heterocycles. The van der Waals surface area contributed by atoms with Crippen molar-refractivity contribution in [2.45, 2.75) is 37.8 Å². The van der Waals surface area contributed by atoms with Gasteiger partial charge in [-0.1, -0.05) is 18.9 Å². The van der Waals surface area contributed by atoms with Crippen LogP contribution in [0.3, 0.4) is 0 Å². The lowest BCUT2D eigenvalue weighted by atomic mass is 10.1. The van der Waals surface area contributed by atoms with Gasteiger partial charge in [0.1, 0.15) is 0 Å². The maximum absolute atomic E-state index is 6.32. The second-order valence-corrected chi connectivity index (χ2v) is 5.60. The normalized spacial score (nSPS) is 20.2. The van der Waals surface area contributed by atoms with Gasteiger partial charge in [0.05, 0.1) is 0 Å². The molecule has 0 spiro atoms. The van der Waals surface area contributed by atoms with E-state index in [1.807, 2.05) is 18.2 Å². The van der Waals surface area contributed by atoms with Crippen LogP contribution in [0.25, 0.3) is 0 Å². The minimum absolute atomic E-state index is 0.0279. The van der Waals surface area contributed by atoms with Crippen LogP contribution in [0.5, 0.6) is 11.5 Å². The number of likely N-dealkylation sites (N-methyl/N-ethyl adjacent to an activating group) is 1. The van der Waals surface area contributed by atoms with Gasteiger partial charge >= 0.3 is 0 Å². The Labute approximate surface area is 114 Å². The Bertz CT molecular complexity index is 444. The molecule has 4 nitrogen and oxygen atoms in total. The van der Waals surface area contributed by atoms with E-state index in [1.165, 1.54) is 25.7 Å². The molecule has 4 heteroatoms. The monoisotopic (exact) mass is 262 g/mol. The van der Waals surface area contributed by atoms with Gasteiger partial charge in [-0.15, -0.1) is 0 Å². The van der Waals surface area contributed by atoms with Crippen LogP contribution in [-0.2, 0) is 0 Å². The topological polar surface area (TPSA) is 47.7 Å². The highest BCUT2D eigenvalue weighted by Crippen LogP contribution is 2.34. The molecule has 19 heavy (non-hydrogen) atoms. The molecule has 1 fully saturated rings. The molecule has 1 aliphatic heterocycles. The SMILES string of the molecule is CN(CC(N)c1ccc2c(c1)OCO2)C1CCCC1. The van der Waals surface area contributed by atoms with Crippen LogP contribution in [0.15, 0.2) is 18.2 Å². The molecule has 104 valence electrons. The van der Waals surface area contributed by atoms with E-state index in [-0.39, 0.29) is 6.04 Å². The number of benzene rings is 1. The Hall–Kier alpha value is -1.26. The minimum atomic E-state index is 0.0279. The van der Waals surface area contributed by atoms with E-state index < -0.39 is 0 Å². The molecule has 0 saturated heterocycles. The Morgan fingerprint density at radius 1 is 1.26 bits per heavy atom. The fourth-order valence-electron chi connectivity index (χ4n) is 3.05. The van der Waals surface area contributed by atoms with Crippen LogP contribution in [0.1, 0.15) is 37.3 Å². The number of nitrogens with two attached hydrogens (primary N) is 1. The van der Waals surface area contributed by atoms with Gasteiger partial charge < -0.3 is 20.1 Å². The van der Waals surface area contributed by atoms with Crippen molar-refractivity contribution in [3.8, 4) is 11.5 Å². The van der Waals surface area contributed by atoms with Crippen molar-refractivity contribution in [3.63, 3.8) is 0 Å². The van der Waals surface area contributed by atoms with Crippen molar-refractivity contribution in [1.29, 1.82) is 0 Å². The number of rotatable bonds is 4. The van der Waals surface area contributed by atoms with Gasteiger partial charge in [-0.2, -0.15) is 0 Å². The summed E-state index contributed by atoms with van der Waals surface area (Å²) in [5.74, 6) is 1.64. The van der Waals surface area contributed by atoms with Gasteiger partial charge in [0, 0.05) is 18.6 Å². The third kappa shape index (κ3) is 2.69. The molecule has 0 bridgehead atoms. The summed E-state index contributed by atoms with van der Waals surface area (Å²) < 4.78 is 10.7. The molecule has 0 aromatic heterocycles. The fourth-order valence-corrected chi connectivity index (χ4v) is 3.05. The smallest absolute Gasteiger partial charge is 0.231 e. The number of ether oxygens (including phenoxy) is 2. The van der Waals surface area contributed by atoms with E-state index in [1.54, 1.807) is 0 Å². The lowest BCUT2D eigenvalue weighted by molar-refractivity contribution is 0.174. The predicted octanol–water partition coefficient (Wildman–Crippen LogP) is 2.29. The molecule has 1 atom stereocenters. The van der Waals surface area contributed by atoms with E-state index in [2.05, 4.69) is 11.9 Å². The van der Waals surface area contributed by atoms with Gasteiger partial charge in [-0.25, -0.2) is 0 Å². The Morgan fingerprint density at radius 2 is 2.00 bits per heavy atom. The first-order valence-electron chi connectivity index (χ1n) is 7.09. The fraction of sp³-hybridized carbons (Fsp3) is 0.600. The molecule has 2 aliphatic rings. The van der Waals surface area contributed by atoms with Gasteiger partial charge in [-0.05, 0) is 37.6 Å². The molecule has 0 amide bonds. The maximum atomic E-state index is 6.32. The van der Waals surface area contributed by atoms with E-state index in [0.29, 0.717) is 12.8 Å². The van der Waals surface area contributed by atoms with Gasteiger partial charge in [0.15, 0.2) is 11.5 Å². The zero-order valence-corrected chi connectivity index (χ0v) is 11.5. The van der Waals surface area contributed by atoms with Crippen molar-refractivity contribution in [2.75, 3.05) is 20.4 Å². The van der Waals surface area contributed by atoms with Crippen molar-refractivity contribution in [3.05, 3.63) is 23.8 Å². The highest BCUT2D eigenvalue weighted by molar-refractivity contribution is 5.45. The molecule has 2 N–H and O–H groups in total. The molecule has 1 saturated carbocycles. The summed E-state index contributed by atoms with van der Waals surface area (Å²) in [6.07, 6.45) is 5.33. The van der Waals surface area contributed by atoms with Crippen LogP contribution in [-0.4, -0.2) is 31.3 Å². The zero-order chi connectivity index (χ0) is 13.2. The summed E-state index contributed by atoms with van der Waals surface area (Å²) in [6.45, 7) is 1.21. The van der Waals surface area contributed by atoms with Gasteiger partial charge in [0.2, 0.25) is 6.79 Å². The van der Waals surface area contributed by atoms with Crippen LogP contribution in [0.4, 0.5) is 0 Å². The van der Waals surface area contributed by atoms with E-state index in [4.69, 9.17) is 15.2 Å². The van der Waals surface area contributed by atoms with E-state index in [0.717, 1.165) is 23.6 Å². The third-order valence-corrected chi connectivity index (χ3v) is 4.26. The molecular weight excluding hydrogens is 240 g/mol. The van der Waals surface area contributed by atoms with Crippen molar-refractivity contribution >= 4 is 0 Å². The summed E-state index contributed by atoms with van der Waals surface area (Å²) in [6, 6.07) is 6.74. The van der Waals surface area contributed by atoms with Crippen molar-refractivity contribution in [1.82, 2.24) is 4.90 Å². The number of fused-ring (bicyclic) bond motifs is 1. The summed E-state index contributed by atoms with van der Waals surface area (Å²) in [7, 11) is 2.18. The molecule has 1 aliphatic carbocycles. The van der Waals surface area contributed by atoms with Crippen LogP contribution >= 0.6 is 0 Å². The molecule has 1 unspecified atom stereocenters. The van der Waals surface area contributed by atoms with Crippen molar-refractivity contribution in [2.24, 2.45) is 5.73 Å². The number of hydrogen-bond acceptors (Lipinski definition) is 4. The largest absolute Gasteiger partial charge is 0.454 e. The quantitative estimate of drug-likeness (QED) is 0.904. The first kappa shape index (κ1) is 12.8. The van der Waals surface area contributed by atoms with Crippen LogP contribution < -0.4 is 15.2 Å². The molecule has 0 radical (unpaired) electrons. The molecular formula is C15H22N2O2. The lowest BCUT2D eigenvalue weighted by Gasteiger charge is -2.27. The first-order valence-corrected chi connectivity index (χ1v) is 7.09. The Balaban J connectivity index is 1.64. The average Bonchev–Trinajstić information content (AvgIpc) is 3.09. The van der Waals surface area contributed by atoms with Gasteiger partial charge in [0.25, 0.3) is 0 Å². The van der Waals surface area contributed by atoms with E-state index in [9.17, 15) is 0 Å². The average molecular weight is 262 g/mol. The predicted molar refractivity (Wildman–Crippen MR) is 74.4 cm³/mol. The maximum Gasteiger partial charge on any atom is 0.231 e. The summed E-state index contributed by atoms with van der Waals surface area (Å²) in [5, 5.41) is 0. The Kier molecular flexibility index (Phi) is 3.62. The van der Waals surface area contributed by atoms with E-state index >= 15 is 0 Å². The third-order valence-electron chi connectivity index (χ3n) is 4.26. The molecule has 1 aromatic carbocycles. The first-order chi connectivity index (χ1) is 9.24. The summed E-state index contributed by atoms with van der Waals surface area (Å²) >= 11 is 0. The van der Waals surface area contributed by atoms with Crippen LogP contribution in [0.2, 0.25) is 0 Å². The highest BCUT2D eigenvalue weighted by Gasteiger charge is 2.22. The highest BCUT2D eigenvalue weighted by atomic mass is 16.7. The molecule has 1 aromatic rings. The standard InChI is InChI=1S/C15H22N2O2/c1-17(12-4-2-3-5-12)9-13(16)11-6-7-14-15(8-11)19-10-18-14/h6-8,12-13H,2-5,9-10,16H2,1H3. The van der Waals surface area contributed by atoms with Crippen molar-refractivity contribution < 1.29 is 9.47 Å². The number of hydrogen-bond donors (Lipinski definition) is 1. The second-order valence-electron chi connectivity index (χ2n) is 5.60. The van der Waals surface area contributed by atoms with Gasteiger partial charge in [-0.3, -0.25) is 0 Å². The number of nitrogens with zero attached hydrogens (tertiary/aromatic N) is 1.